The topological polar surface area (TPSA) is 67.2 Å². The number of fused-ring (bicyclic) bond motifs is 1. The summed E-state index contributed by atoms with van der Waals surface area (Å²) in [6.45, 7) is 5.98. The third kappa shape index (κ3) is 4.60. The maximum atomic E-state index is 13.9. The first-order valence-corrected chi connectivity index (χ1v) is 13.0. The highest BCUT2D eigenvalue weighted by atomic mass is 32.1. The van der Waals surface area contributed by atoms with Gasteiger partial charge in [0, 0.05) is 17.1 Å². The smallest absolute Gasteiger partial charge is 0.268 e. The molecule has 2 aromatic carbocycles. The van der Waals surface area contributed by atoms with E-state index in [2.05, 4.69) is 5.32 Å². The van der Waals surface area contributed by atoms with E-state index in [1.807, 2.05) is 80.1 Å². The summed E-state index contributed by atoms with van der Waals surface area (Å²) in [4.78, 5) is 30.1. The van der Waals surface area contributed by atoms with Gasteiger partial charge >= 0.3 is 0 Å². The number of thiophene rings is 1. The van der Waals surface area contributed by atoms with Crippen molar-refractivity contribution in [2.75, 3.05) is 11.4 Å². The number of benzene rings is 2. The molecule has 0 aliphatic heterocycles. The van der Waals surface area contributed by atoms with Gasteiger partial charge < -0.3 is 5.32 Å². The predicted molar refractivity (Wildman–Crippen MR) is 142 cm³/mol. The lowest BCUT2D eigenvalue weighted by Crippen LogP contribution is -2.43. The Bertz CT molecular complexity index is 1380. The number of hydrogen-bond acceptors (Lipinski definition) is 4. The molecule has 2 amide bonds. The van der Waals surface area contributed by atoms with Crippen LogP contribution in [0.2, 0.25) is 0 Å². The maximum absolute atomic E-state index is 13.9. The Kier molecular flexibility index (Phi) is 6.43. The second kappa shape index (κ2) is 9.66. The number of hydrogen-bond donors (Lipinski definition) is 1. The minimum atomic E-state index is -0.166. The van der Waals surface area contributed by atoms with Gasteiger partial charge in [-0.1, -0.05) is 43.2 Å². The largest absolute Gasteiger partial charge is 0.352 e. The number of nitrogens with zero attached hydrogens (tertiary/aromatic N) is 3. The number of carbonyl (C=O) groups excluding carboxylic acids is 2. The van der Waals surface area contributed by atoms with Gasteiger partial charge in [0.2, 0.25) is 5.91 Å². The molecular weight excluding hydrogens is 456 g/mol. The molecule has 1 N–H and O–H groups in total. The minimum absolute atomic E-state index is 0.00232. The lowest BCUT2D eigenvalue weighted by Gasteiger charge is -2.25. The van der Waals surface area contributed by atoms with Crippen molar-refractivity contribution in [1.82, 2.24) is 15.1 Å². The molecule has 0 atom stereocenters. The van der Waals surface area contributed by atoms with E-state index in [1.54, 1.807) is 4.90 Å². The van der Waals surface area contributed by atoms with Crippen LogP contribution < -0.4 is 10.2 Å². The molecule has 7 heteroatoms. The number of rotatable bonds is 6. The monoisotopic (exact) mass is 486 g/mol. The highest BCUT2D eigenvalue weighted by molar-refractivity contribution is 7.20. The van der Waals surface area contributed by atoms with Crippen LogP contribution in [0.25, 0.3) is 15.9 Å². The summed E-state index contributed by atoms with van der Waals surface area (Å²) in [6.07, 6.45) is 4.30. The number of anilines is 1. The Balaban J connectivity index is 1.51. The highest BCUT2D eigenvalue weighted by Crippen LogP contribution is 2.33. The first kappa shape index (κ1) is 23.3. The van der Waals surface area contributed by atoms with E-state index in [0.717, 1.165) is 64.1 Å². The van der Waals surface area contributed by atoms with Gasteiger partial charge in [-0.25, -0.2) is 4.68 Å². The molecule has 0 bridgehead atoms. The number of carbonyl (C=O) groups is 2. The van der Waals surface area contributed by atoms with Crippen molar-refractivity contribution in [3.63, 3.8) is 0 Å². The van der Waals surface area contributed by atoms with Gasteiger partial charge in [-0.3, -0.25) is 14.5 Å². The zero-order valence-corrected chi connectivity index (χ0v) is 21.2. The van der Waals surface area contributed by atoms with Crippen LogP contribution in [0, 0.1) is 20.8 Å². The van der Waals surface area contributed by atoms with Crippen molar-refractivity contribution in [3.05, 3.63) is 76.3 Å². The predicted octanol–water partition coefficient (Wildman–Crippen LogP) is 5.72. The number of aryl methyl sites for hydroxylation is 2. The van der Waals surface area contributed by atoms with Crippen LogP contribution in [0.4, 0.5) is 5.69 Å². The molecule has 0 radical (unpaired) electrons. The van der Waals surface area contributed by atoms with E-state index >= 15 is 0 Å². The minimum Gasteiger partial charge on any atom is -0.352 e. The van der Waals surface area contributed by atoms with Crippen molar-refractivity contribution >= 4 is 39.1 Å². The van der Waals surface area contributed by atoms with Gasteiger partial charge in [0.25, 0.3) is 5.91 Å². The summed E-state index contributed by atoms with van der Waals surface area (Å²) in [7, 11) is 0. The van der Waals surface area contributed by atoms with Gasteiger partial charge in [-0.05, 0) is 69.0 Å². The normalized spacial score (nSPS) is 13.9. The van der Waals surface area contributed by atoms with Crippen molar-refractivity contribution < 1.29 is 9.59 Å². The van der Waals surface area contributed by atoms with Crippen LogP contribution >= 0.6 is 11.3 Å². The van der Waals surface area contributed by atoms with Gasteiger partial charge in [-0.15, -0.1) is 11.3 Å². The van der Waals surface area contributed by atoms with Crippen LogP contribution in [0.5, 0.6) is 0 Å². The van der Waals surface area contributed by atoms with Crippen LogP contribution in [0.1, 0.15) is 52.2 Å². The number of amides is 2. The molecule has 2 aromatic heterocycles. The van der Waals surface area contributed by atoms with E-state index in [-0.39, 0.29) is 24.4 Å². The summed E-state index contributed by atoms with van der Waals surface area (Å²) in [5, 5.41) is 8.79. The number of para-hydroxylation sites is 1. The first-order chi connectivity index (χ1) is 16.9. The van der Waals surface area contributed by atoms with Gasteiger partial charge in [-0.2, -0.15) is 5.10 Å². The lowest BCUT2D eigenvalue weighted by molar-refractivity contribution is -0.120. The summed E-state index contributed by atoms with van der Waals surface area (Å²) in [6, 6.07) is 17.9. The molecule has 0 spiro atoms. The van der Waals surface area contributed by atoms with Crippen LogP contribution in [-0.2, 0) is 4.79 Å². The van der Waals surface area contributed by atoms with E-state index in [4.69, 9.17) is 5.10 Å². The highest BCUT2D eigenvalue weighted by Gasteiger charge is 2.27. The average Bonchev–Trinajstić information content (AvgIpc) is 3.59. The molecule has 1 saturated carbocycles. The Labute approximate surface area is 209 Å². The fraction of sp³-hybridized carbons (Fsp3) is 0.321. The van der Waals surface area contributed by atoms with E-state index in [1.165, 1.54) is 11.3 Å². The average molecular weight is 487 g/mol. The van der Waals surface area contributed by atoms with E-state index in [9.17, 15) is 9.59 Å². The summed E-state index contributed by atoms with van der Waals surface area (Å²) < 4.78 is 1.89. The summed E-state index contributed by atoms with van der Waals surface area (Å²) >= 11 is 1.42. The molecule has 5 rings (SSSR count). The van der Waals surface area contributed by atoms with Crippen LogP contribution in [0.3, 0.4) is 0 Å². The zero-order chi connectivity index (χ0) is 24.5. The number of aromatic nitrogens is 2. The molecular formula is C28H30N4O2S. The zero-order valence-electron chi connectivity index (χ0n) is 20.4. The van der Waals surface area contributed by atoms with Crippen LogP contribution in [0.15, 0.2) is 54.6 Å². The second-order valence-electron chi connectivity index (χ2n) is 9.32. The summed E-state index contributed by atoms with van der Waals surface area (Å²) in [5.74, 6) is -0.278. The maximum Gasteiger partial charge on any atom is 0.268 e. The van der Waals surface area contributed by atoms with Crippen molar-refractivity contribution in [2.45, 2.75) is 52.5 Å². The molecule has 0 unspecified atom stereocenters. The first-order valence-electron chi connectivity index (χ1n) is 12.1. The third-order valence-corrected chi connectivity index (χ3v) is 7.99. The Morgan fingerprint density at radius 1 is 1.06 bits per heavy atom. The Hall–Kier alpha value is -3.45. The molecule has 1 fully saturated rings. The van der Waals surface area contributed by atoms with Crippen molar-refractivity contribution in [1.29, 1.82) is 0 Å². The fourth-order valence-corrected chi connectivity index (χ4v) is 5.94. The van der Waals surface area contributed by atoms with Gasteiger partial charge in [0.05, 0.1) is 16.3 Å². The van der Waals surface area contributed by atoms with Crippen LogP contribution in [-0.4, -0.2) is 34.2 Å². The quantitative estimate of drug-likeness (QED) is 0.379. The fourth-order valence-electron chi connectivity index (χ4n) is 4.81. The van der Waals surface area contributed by atoms with Gasteiger partial charge in [0.1, 0.15) is 11.4 Å². The van der Waals surface area contributed by atoms with Gasteiger partial charge in [0.15, 0.2) is 0 Å². The van der Waals surface area contributed by atoms with Crippen molar-refractivity contribution in [2.24, 2.45) is 0 Å². The molecule has 2 heterocycles. The molecule has 1 aliphatic carbocycles. The van der Waals surface area contributed by atoms with Crippen molar-refractivity contribution in [3.8, 4) is 5.69 Å². The Morgan fingerprint density at radius 2 is 1.80 bits per heavy atom. The molecule has 0 saturated heterocycles. The molecule has 4 aromatic rings. The summed E-state index contributed by atoms with van der Waals surface area (Å²) in [5.41, 5.74) is 4.69. The SMILES string of the molecule is Cc1cccc(N(CC(=O)NC2CCCC2)C(=O)c2cc3c(C)nn(-c4ccccc4)c3s2)c1C. The third-order valence-electron chi connectivity index (χ3n) is 6.89. The Morgan fingerprint density at radius 3 is 2.54 bits per heavy atom. The lowest BCUT2D eigenvalue weighted by atomic mass is 10.1. The molecule has 180 valence electrons. The molecule has 6 nitrogen and oxygen atoms in total. The standard InChI is InChI=1S/C28H30N4O2S/c1-18-10-9-15-24(19(18)2)31(17-26(33)29-21-11-7-8-12-21)27(34)25-16-23-20(3)30-32(28(23)35-25)22-13-5-4-6-14-22/h4-6,9-10,13-16,21H,7-8,11-12,17H2,1-3H3,(H,29,33). The number of nitrogens with one attached hydrogen (secondary N) is 1. The van der Waals surface area contributed by atoms with E-state index in [0.29, 0.717) is 4.88 Å². The molecule has 1 aliphatic rings. The molecule has 35 heavy (non-hydrogen) atoms. The second-order valence-corrected chi connectivity index (χ2v) is 10.4. The van der Waals surface area contributed by atoms with E-state index < -0.39 is 0 Å².